The van der Waals surface area contributed by atoms with Crippen LogP contribution in [0, 0.1) is 0 Å². The van der Waals surface area contributed by atoms with Crippen LogP contribution in [0.15, 0.2) is 0 Å². The third-order valence-electron chi connectivity index (χ3n) is 3.52. The number of nitrogens with one attached hydrogen (secondary N) is 1. The van der Waals surface area contributed by atoms with Crippen molar-refractivity contribution in [3.05, 3.63) is 0 Å². The van der Waals surface area contributed by atoms with E-state index in [1.165, 1.54) is 7.11 Å². The molecule has 1 aliphatic rings. The van der Waals surface area contributed by atoms with Gasteiger partial charge in [0.05, 0.1) is 7.11 Å². The van der Waals surface area contributed by atoms with Crippen molar-refractivity contribution in [2.45, 2.75) is 38.3 Å². The van der Waals surface area contributed by atoms with Gasteiger partial charge >= 0.3 is 5.97 Å². The number of carbonyl (C=O) groups excluding carboxylic acids is 1. The molecule has 0 radical (unpaired) electrons. The molecule has 1 rings (SSSR count). The first-order valence-corrected chi connectivity index (χ1v) is 6.78. The number of hydrogen-bond acceptors (Lipinski definition) is 5. The second-order valence-electron chi connectivity index (χ2n) is 4.75. The van der Waals surface area contributed by atoms with E-state index in [4.69, 9.17) is 9.47 Å². The van der Waals surface area contributed by atoms with Crippen molar-refractivity contribution in [2.75, 3.05) is 40.5 Å². The van der Waals surface area contributed by atoms with Crippen LogP contribution in [-0.2, 0) is 14.3 Å². The van der Waals surface area contributed by atoms with Crippen LogP contribution in [0.2, 0.25) is 0 Å². The average Bonchev–Trinajstić information content (AvgIpc) is 2.43. The average molecular weight is 258 g/mol. The molecule has 1 N–H and O–H groups in total. The minimum absolute atomic E-state index is 0.169. The smallest absolute Gasteiger partial charge is 0.322 e. The predicted octanol–water partition coefficient (Wildman–Crippen LogP) is 0.638. The van der Waals surface area contributed by atoms with Crippen LogP contribution < -0.4 is 5.32 Å². The third-order valence-corrected chi connectivity index (χ3v) is 3.52. The lowest BCUT2D eigenvalue weighted by Gasteiger charge is -2.31. The van der Waals surface area contributed by atoms with E-state index in [1.807, 2.05) is 6.92 Å². The fourth-order valence-electron chi connectivity index (χ4n) is 2.33. The molecule has 1 atom stereocenters. The molecule has 0 aromatic rings. The molecule has 0 aliphatic carbocycles. The summed E-state index contributed by atoms with van der Waals surface area (Å²) in [6, 6.07) is 0.390. The van der Waals surface area contributed by atoms with Gasteiger partial charge in [0.25, 0.3) is 0 Å². The number of likely N-dealkylation sites (N-methyl/N-ethyl adjacent to an activating group) is 1. The van der Waals surface area contributed by atoms with Crippen LogP contribution in [0.3, 0.4) is 0 Å². The lowest BCUT2D eigenvalue weighted by atomic mass is 10.1. The number of nitrogens with zero attached hydrogens (tertiary/aromatic N) is 1. The summed E-state index contributed by atoms with van der Waals surface area (Å²) in [5, 5.41) is 3.17. The molecule has 5 nitrogen and oxygen atoms in total. The van der Waals surface area contributed by atoms with Crippen molar-refractivity contribution in [2.24, 2.45) is 0 Å². The maximum atomic E-state index is 11.6. The number of hydrogen-bond donors (Lipinski definition) is 1. The van der Waals surface area contributed by atoms with E-state index in [-0.39, 0.29) is 12.0 Å². The minimum atomic E-state index is -0.192. The highest BCUT2D eigenvalue weighted by Gasteiger charge is 2.22. The summed E-state index contributed by atoms with van der Waals surface area (Å²) in [7, 11) is 3.56. The van der Waals surface area contributed by atoms with Gasteiger partial charge in [0.2, 0.25) is 0 Å². The van der Waals surface area contributed by atoms with Crippen molar-refractivity contribution >= 4 is 5.97 Å². The highest BCUT2D eigenvalue weighted by atomic mass is 16.5. The van der Waals surface area contributed by atoms with Gasteiger partial charge in [-0.2, -0.15) is 0 Å². The van der Waals surface area contributed by atoms with Gasteiger partial charge in [-0.15, -0.1) is 0 Å². The highest BCUT2D eigenvalue weighted by molar-refractivity contribution is 5.75. The topological polar surface area (TPSA) is 50.8 Å². The van der Waals surface area contributed by atoms with Gasteiger partial charge < -0.3 is 19.7 Å². The molecule has 1 aliphatic heterocycles. The van der Waals surface area contributed by atoms with Crippen molar-refractivity contribution in [1.82, 2.24) is 10.2 Å². The van der Waals surface area contributed by atoms with E-state index in [9.17, 15) is 4.79 Å². The Bertz CT molecular complexity index is 242. The van der Waals surface area contributed by atoms with Gasteiger partial charge in [-0.25, -0.2) is 0 Å². The first kappa shape index (κ1) is 15.4. The van der Waals surface area contributed by atoms with Crippen LogP contribution in [0.1, 0.15) is 26.2 Å². The van der Waals surface area contributed by atoms with Crippen LogP contribution >= 0.6 is 0 Å². The molecule has 1 heterocycles. The summed E-state index contributed by atoms with van der Waals surface area (Å²) in [6.45, 7) is 5.38. The van der Waals surface area contributed by atoms with E-state index in [1.54, 1.807) is 0 Å². The van der Waals surface area contributed by atoms with Gasteiger partial charge in [0, 0.05) is 25.8 Å². The Balaban J connectivity index is 2.33. The maximum absolute atomic E-state index is 11.6. The Kier molecular flexibility index (Phi) is 7.23. The second-order valence-corrected chi connectivity index (χ2v) is 4.75. The predicted molar refractivity (Wildman–Crippen MR) is 70.6 cm³/mol. The fraction of sp³-hybridized carbons (Fsp3) is 0.923. The zero-order chi connectivity index (χ0) is 13.4. The van der Waals surface area contributed by atoms with Gasteiger partial charge in [0.1, 0.15) is 6.04 Å². The van der Waals surface area contributed by atoms with Gasteiger partial charge in [-0.3, -0.25) is 4.79 Å². The van der Waals surface area contributed by atoms with E-state index >= 15 is 0 Å². The molecule has 0 bridgehead atoms. The van der Waals surface area contributed by atoms with Gasteiger partial charge in [0.15, 0.2) is 0 Å². The molecule has 0 amide bonds. The second kappa shape index (κ2) is 8.45. The Morgan fingerprint density at radius 2 is 2.17 bits per heavy atom. The zero-order valence-corrected chi connectivity index (χ0v) is 11.8. The molecule has 1 fully saturated rings. The van der Waals surface area contributed by atoms with Crippen molar-refractivity contribution in [3.63, 3.8) is 0 Å². The summed E-state index contributed by atoms with van der Waals surface area (Å²) in [4.78, 5) is 13.9. The number of methoxy groups -OCH3 is 1. The molecular formula is C13H26N2O3. The summed E-state index contributed by atoms with van der Waals surface area (Å²) in [6.07, 6.45) is 2.95. The van der Waals surface area contributed by atoms with Crippen molar-refractivity contribution in [1.29, 1.82) is 0 Å². The SMILES string of the molecule is CCNC(CCN(C)C1CCOCC1)C(=O)OC. The largest absolute Gasteiger partial charge is 0.468 e. The molecule has 5 heteroatoms. The van der Waals surface area contributed by atoms with E-state index in [0.29, 0.717) is 6.04 Å². The van der Waals surface area contributed by atoms with E-state index in [2.05, 4.69) is 17.3 Å². The van der Waals surface area contributed by atoms with Crippen LogP contribution in [0.25, 0.3) is 0 Å². The Morgan fingerprint density at radius 3 is 2.72 bits per heavy atom. The van der Waals surface area contributed by atoms with Crippen LogP contribution in [0.4, 0.5) is 0 Å². The molecule has 1 unspecified atom stereocenters. The third kappa shape index (κ3) is 4.92. The Morgan fingerprint density at radius 1 is 1.50 bits per heavy atom. The van der Waals surface area contributed by atoms with Gasteiger partial charge in [-0.1, -0.05) is 6.92 Å². The summed E-state index contributed by atoms with van der Waals surface area (Å²) in [5.74, 6) is -0.169. The number of carbonyl (C=O) groups is 1. The van der Waals surface area contributed by atoms with E-state index < -0.39 is 0 Å². The van der Waals surface area contributed by atoms with Crippen LogP contribution in [-0.4, -0.2) is 63.4 Å². The maximum Gasteiger partial charge on any atom is 0.322 e. The quantitative estimate of drug-likeness (QED) is 0.679. The summed E-state index contributed by atoms with van der Waals surface area (Å²) >= 11 is 0. The lowest BCUT2D eigenvalue weighted by Crippen LogP contribution is -2.43. The van der Waals surface area contributed by atoms with Crippen molar-refractivity contribution in [3.8, 4) is 0 Å². The molecule has 0 aromatic heterocycles. The first-order valence-electron chi connectivity index (χ1n) is 6.78. The van der Waals surface area contributed by atoms with Gasteiger partial charge in [-0.05, 0) is 32.9 Å². The standard InChI is InChI=1S/C13H26N2O3/c1-4-14-12(13(16)17-3)5-8-15(2)11-6-9-18-10-7-11/h11-12,14H,4-10H2,1-3H3. The molecule has 106 valence electrons. The Hall–Kier alpha value is -0.650. The number of esters is 1. The van der Waals surface area contributed by atoms with Crippen LogP contribution in [0.5, 0.6) is 0 Å². The number of ether oxygens (including phenoxy) is 2. The Labute approximate surface area is 110 Å². The molecule has 0 saturated carbocycles. The van der Waals surface area contributed by atoms with Crippen molar-refractivity contribution < 1.29 is 14.3 Å². The molecule has 0 spiro atoms. The molecular weight excluding hydrogens is 232 g/mol. The summed E-state index contributed by atoms with van der Waals surface area (Å²) < 4.78 is 10.2. The highest BCUT2D eigenvalue weighted by Crippen LogP contribution is 2.13. The zero-order valence-electron chi connectivity index (χ0n) is 11.8. The lowest BCUT2D eigenvalue weighted by molar-refractivity contribution is -0.143. The minimum Gasteiger partial charge on any atom is -0.468 e. The van der Waals surface area contributed by atoms with E-state index in [0.717, 1.165) is 45.6 Å². The molecule has 0 aromatic carbocycles. The number of rotatable bonds is 7. The molecule has 1 saturated heterocycles. The fourth-order valence-corrected chi connectivity index (χ4v) is 2.33. The summed E-state index contributed by atoms with van der Waals surface area (Å²) in [5.41, 5.74) is 0. The monoisotopic (exact) mass is 258 g/mol. The normalized spacial score (nSPS) is 18.9. The molecule has 18 heavy (non-hydrogen) atoms. The first-order chi connectivity index (χ1) is 8.69.